The minimum Gasteiger partial charge on any atom is -0.273 e. The van der Waals surface area contributed by atoms with Crippen LogP contribution in [0.1, 0.15) is 22.3 Å². The zero-order valence-corrected chi connectivity index (χ0v) is 13.8. The Kier molecular flexibility index (Phi) is 6.31. The summed E-state index contributed by atoms with van der Waals surface area (Å²) in [4.78, 5) is 24.2. The van der Waals surface area contributed by atoms with Gasteiger partial charge in [-0.3, -0.25) is 20.4 Å². The van der Waals surface area contributed by atoms with E-state index in [0.717, 1.165) is 17.7 Å². The Morgan fingerprint density at radius 1 is 1.04 bits per heavy atom. The van der Waals surface area contributed by atoms with Crippen LogP contribution in [0.3, 0.4) is 0 Å². The normalized spacial score (nSPS) is 10.3. The fraction of sp³-hybridized carbons (Fsp3) is 0.176. The van der Waals surface area contributed by atoms with Crippen molar-refractivity contribution in [3.05, 3.63) is 65.2 Å². The van der Waals surface area contributed by atoms with Crippen molar-refractivity contribution in [3.63, 3.8) is 0 Å². The standard InChI is InChI=1S/C17H16F2N2O2S/c1-11-4-2-3-5-13(11)17(23)21-20-16(22)8-9-24-12-6-7-14(18)15(19)10-12/h2-7,10H,8-9H2,1H3,(H,20,22)(H,21,23). The van der Waals surface area contributed by atoms with Crippen molar-refractivity contribution in [3.8, 4) is 0 Å². The van der Waals surface area contributed by atoms with Crippen molar-refractivity contribution in [2.24, 2.45) is 0 Å². The molecule has 24 heavy (non-hydrogen) atoms. The van der Waals surface area contributed by atoms with E-state index in [2.05, 4.69) is 10.9 Å². The van der Waals surface area contributed by atoms with Crippen molar-refractivity contribution < 1.29 is 18.4 Å². The Balaban J connectivity index is 1.74. The quantitative estimate of drug-likeness (QED) is 0.643. The fourth-order valence-electron chi connectivity index (χ4n) is 1.91. The molecule has 2 aromatic rings. The lowest BCUT2D eigenvalue weighted by molar-refractivity contribution is -0.121. The summed E-state index contributed by atoms with van der Waals surface area (Å²) < 4.78 is 25.9. The number of benzene rings is 2. The van der Waals surface area contributed by atoms with Crippen LogP contribution in [0, 0.1) is 18.6 Å². The van der Waals surface area contributed by atoms with Gasteiger partial charge in [-0.1, -0.05) is 18.2 Å². The van der Waals surface area contributed by atoms with E-state index >= 15 is 0 Å². The molecule has 126 valence electrons. The molecule has 0 spiro atoms. The van der Waals surface area contributed by atoms with Crippen LogP contribution in [-0.2, 0) is 4.79 Å². The average Bonchev–Trinajstić information content (AvgIpc) is 2.56. The second-order valence-electron chi connectivity index (χ2n) is 4.99. The zero-order chi connectivity index (χ0) is 17.5. The lowest BCUT2D eigenvalue weighted by atomic mass is 10.1. The number of carbonyl (C=O) groups excluding carboxylic acids is 2. The first-order valence-corrected chi connectivity index (χ1v) is 8.18. The molecule has 2 amide bonds. The van der Waals surface area contributed by atoms with Crippen molar-refractivity contribution in [2.75, 3.05) is 5.75 Å². The Morgan fingerprint density at radius 3 is 2.50 bits per heavy atom. The molecular weight excluding hydrogens is 334 g/mol. The molecule has 0 atom stereocenters. The number of nitrogens with one attached hydrogen (secondary N) is 2. The fourth-order valence-corrected chi connectivity index (χ4v) is 2.79. The highest BCUT2D eigenvalue weighted by Gasteiger charge is 2.09. The molecule has 0 heterocycles. The van der Waals surface area contributed by atoms with E-state index in [4.69, 9.17) is 0 Å². The monoisotopic (exact) mass is 350 g/mol. The number of hydrogen-bond acceptors (Lipinski definition) is 3. The smallest absolute Gasteiger partial charge is 0.269 e. The third kappa shape index (κ3) is 5.06. The topological polar surface area (TPSA) is 58.2 Å². The first-order chi connectivity index (χ1) is 11.5. The first-order valence-electron chi connectivity index (χ1n) is 7.20. The summed E-state index contributed by atoms with van der Waals surface area (Å²) in [6, 6.07) is 10.6. The van der Waals surface area contributed by atoms with E-state index in [1.165, 1.54) is 17.8 Å². The molecule has 4 nitrogen and oxygen atoms in total. The highest BCUT2D eigenvalue weighted by atomic mass is 32.2. The van der Waals surface area contributed by atoms with Gasteiger partial charge in [-0.15, -0.1) is 11.8 Å². The van der Waals surface area contributed by atoms with Gasteiger partial charge in [0.1, 0.15) is 0 Å². The van der Waals surface area contributed by atoms with Gasteiger partial charge in [0, 0.05) is 22.6 Å². The van der Waals surface area contributed by atoms with Gasteiger partial charge in [0.05, 0.1) is 0 Å². The maximum absolute atomic E-state index is 13.1. The Labute approximate surface area is 142 Å². The number of hydrazine groups is 1. The van der Waals surface area contributed by atoms with Crippen molar-refractivity contribution in [2.45, 2.75) is 18.2 Å². The van der Waals surface area contributed by atoms with Crippen molar-refractivity contribution >= 4 is 23.6 Å². The first kappa shape index (κ1) is 17.9. The molecule has 0 unspecified atom stereocenters. The van der Waals surface area contributed by atoms with Crippen LogP contribution < -0.4 is 10.9 Å². The summed E-state index contributed by atoms with van der Waals surface area (Å²) in [5.74, 6) is -2.22. The molecule has 2 rings (SSSR count). The van der Waals surface area contributed by atoms with Gasteiger partial charge in [-0.25, -0.2) is 8.78 Å². The van der Waals surface area contributed by atoms with Gasteiger partial charge in [-0.05, 0) is 36.8 Å². The number of carbonyl (C=O) groups is 2. The molecule has 0 saturated heterocycles. The summed E-state index contributed by atoms with van der Waals surface area (Å²) in [5.41, 5.74) is 5.96. The van der Waals surface area contributed by atoms with Crippen LogP contribution in [0.2, 0.25) is 0 Å². The van der Waals surface area contributed by atoms with Gasteiger partial charge in [0.15, 0.2) is 11.6 Å². The molecule has 0 fully saturated rings. The Hall–Kier alpha value is -2.41. The van der Waals surface area contributed by atoms with Crippen LogP contribution in [-0.4, -0.2) is 17.6 Å². The summed E-state index contributed by atoms with van der Waals surface area (Å²) in [6.07, 6.45) is 0.123. The molecule has 7 heteroatoms. The molecule has 2 N–H and O–H groups in total. The highest BCUT2D eigenvalue weighted by molar-refractivity contribution is 7.99. The van der Waals surface area contributed by atoms with E-state index in [1.807, 2.05) is 6.07 Å². The number of hydrogen-bond donors (Lipinski definition) is 2. The van der Waals surface area contributed by atoms with Gasteiger partial charge in [0.25, 0.3) is 5.91 Å². The zero-order valence-electron chi connectivity index (χ0n) is 12.9. The number of aryl methyl sites for hydroxylation is 1. The number of amides is 2. The maximum atomic E-state index is 13.1. The van der Waals surface area contributed by atoms with Gasteiger partial charge in [0.2, 0.25) is 5.91 Å². The van der Waals surface area contributed by atoms with E-state index in [0.29, 0.717) is 16.2 Å². The Morgan fingerprint density at radius 2 is 1.79 bits per heavy atom. The van der Waals surface area contributed by atoms with Gasteiger partial charge < -0.3 is 0 Å². The second kappa shape index (κ2) is 8.44. The molecule has 2 aromatic carbocycles. The van der Waals surface area contributed by atoms with Crippen molar-refractivity contribution in [1.82, 2.24) is 10.9 Å². The van der Waals surface area contributed by atoms with E-state index in [-0.39, 0.29) is 12.3 Å². The summed E-state index contributed by atoms with van der Waals surface area (Å²) >= 11 is 1.22. The van der Waals surface area contributed by atoms with Crippen LogP contribution in [0.5, 0.6) is 0 Å². The molecule has 0 saturated carbocycles. The van der Waals surface area contributed by atoms with Crippen molar-refractivity contribution in [1.29, 1.82) is 0 Å². The van der Waals surface area contributed by atoms with E-state index in [9.17, 15) is 18.4 Å². The number of rotatable bonds is 5. The van der Waals surface area contributed by atoms with E-state index in [1.54, 1.807) is 25.1 Å². The molecule has 0 aliphatic heterocycles. The molecule has 0 aromatic heterocycles. The lowest BCUT2D eigenvalue weighted by Gasteiger charge is -2.09. The van der Waals surface area contributed by atoms with Crippen LogP contribution >= 0.6 is 11.8 Å². The van der Waals surface area contributed by atoms with Gasteiger partial charge in [-0.2, -0.15) is 0 Å². The molecule has 0 radical (unpaired) electrons. The molecular formula is C17H16F2N2O2S. The maximum Gasteiger partial charge on any atom is 0.269 e. The highest BCUT2D eigenvalue weighted by Crippen LogP contribution is 2.20. The minimum absolute atomic E-state index is 0.123. The summed E-state index contributed by atoms with van der Waals surface area (Å²) in [5, 5.41) is 0. The molecule has 0 bridgehead atoms. The summed E-state index contributed by atoms with van der Waals surface area (Å²) in [6.45, 7) is 1.80. The van der Waals surface area contributed by atoms with Crippen LogP contribution in [0.15, 0.2) is 47.4 Å². The largest absolute Gasteiger partial charge is 0.273 e. The number of halogens is 2. The lowest BCUT2D eigenvalue weighted by Crippen LogP contribution is -2.42. The SMILES string of the molecule is Cc1ccccc1C(=O)NNC(=O)CCSc1ccc(F)c(F)c1. The molecule has 0 aliphatic carbocycles. The van der Waals surface area contributed by atoms with Crippen LogP contribution in [0.4, 0.5) is 8.78 Å². The third-order valence-corrected chi connectivity index (χ3v) is 4.19. The Bertz CT molecular complexity index is 753. The second-order valence-corrected chi connectivity index (χ2v) is 6.16. The van der Waals surface area contributed by atoms with Gasteiger partial charge >= 0.3 is 0 Å². The average molecular weight is 350 g/mol. The summed E-state index contributed by atoms with van der Waals surface area (Å²) in [7, 11) is 0. The minimum atomic E-state index is -0.921. The van der Waals surface area contributed by atoms with Crippen LogP contribution in [0.25, 0.3) is 0 Å². The predicted molar refractivity (Wildman–Crippen MR) is 88.5 cm³/mol. The predicted octanol–water partition coefficient (Wildman–Crippen LogP) is 3.22. The number of thioether (sulfide) groups is 1. The molecule has 0 aliphatic rings. The van der Waals surface area contributed by atoms with E-state index < -0.39 is 17.5 Å². The third-order valence-electron chi connectivity index (χ3n) is 3.19.